The van der Waals surface area contributed by atoms with E-state index in [1.807, 2.05) is 0 Å². The lowest BCUT2D eigenvalue weighted by atomic mass is 10.1. The molecular formula is C10H8O2S. The second kappa shape index (κ2) is 4.58. The second-order valence-corrected chi connectivity index (χ2v) is 2.53. The summed E-state index contributed by atoms with van der Waals surface area (Å²) in [6.45, 7) is 0. The highest BCUT2D eigenvalue weighted by atomic mass is 32.1. The molecule has 0 saturated heterocycles. The fraction of sp³-hybridized carbons (Fsp3) is 0.100. The van der Waals surface area contributed by atoms with Gasteiger partial charge in [0.05, 0.1) is 12.7 Å². The van der Waals surface area contributed by atoms with Crippen LogP contribution in [0.5, 0.6) is 0 Å². The van der Waals surface area contributed by atoms with E-state index in [9.17, 15) is 4.79 Å². The average Bonchev–Trinajstić information content (AvgIpc) is 2.18. The summed E-state index contributed by atoms with van der Waals surface area (Å²) < 4.78 is 4.55. The average molecular weight is 192 g/mol. The van der Waals surface area contributed by atoms with Crippen LogP contribution in [0.1, 0.15) is 15.9 Å². The molecule has 1 rings (SSSR count). The molecule has 1 aromatic carbocycles. The Labute approximate surface area is 82.3 Å². The van der Waals surface area contributed by atoms with E-state index in [0.29, 0.717) is 5.56 Å². The Balaban J connectivity index is 2.91. The summed E-state index contributed by atoms with van der Waals surface area (Å²) in [5.74, 6) is 2.41. The number of esters is 1. The van der Waals surface area contributed by atoms with Crippen LogP contribution in [-0.2, 0) is 4.74 Å². The summed E-state index contributed by atoms with van der Waals surface area (Å²) in [6, 6.07) is 6.82. The Morgan fingerprint density at radius 2 is 2.00 bits per heavy atom. The van der Waals surface area contributed by atoms with Crippen molar-refractivity contribution < 1.29 is 9.53 Å². The van der Waals surface area contributed by atoms with Crippen molar-refractivity contribution >= 4 is 18.6 Å². The number of thiol groups is 1. The van der Waals surface area contributed by atoms with E-state index in [1.165, 1.54) is 7.11 Å². The van der Waals surface area contributed by atoms with Gasteiger partial charge in [-0.15, -0.1) is 0 Å². The number of carbonyl (C=O) groups is 1. The van der Waals surface area contributed by atoms with E-state index in [-0.39, 0.29) is 5.97 Å². The van der Waals surface area contributed by atoms with Crippen molar-refractivity contribution in [3.8, 4) is 11.2 Å². The molecule has 3 heteroatoms. The summed E-state index contributed by atoms with van der Waals surface area (Å²) in [5.41, 5.74) is 1.34. The van der Waals surface area contributed by atoms with E-state index in [4.69, 9.17) is 0 Å². The van der Waals surface area contributed by atoms with Gasteiger partial charge in [0.1, 0.15) is 0 Å². The molecule has 0 saturated carbocycles. The van der Waals surface area contributed by atoms with E-state index in [2.05, 4.69) is 28.5 Å². The summed E-state index contributed by atoms with van der Waals surface area (Å²) >= 11 is 3.76. The zero-order valence-electron chi connectivity index (χ0n) is 7.07. The Morgan fingerprint density at radius 1 is 1.38 bits per heavy atom. The van der Waals surface area contributed by atoms with E-state index >= 15 is 0 Å². The van der Waals surface area contributed by atoms with Crippen molar-refractivity contribution in [3.63, 3.8) is 0 Å². The molecule has 0 fully saturated rings. The van der Waals surface area contributed by atoms with Crippen molar-refractivity contribution in [1.29, 1.82) is 0 Å². The molecule has 0 N–H and O–H groups in total. The third-order valence-corrected chi connectivity index (χ3v) is 1.62. The molecule has 0 radical (unpaired) electrons. The Kier molecular flexibility index (Phi) is 3.41. The molecule has 0 aliphatic heterocycles. The van der Waals surface area contributed by atoms with Gasteiger partial charge in [0, 0.05) is 5.56 Å². The molecule has 0 aliphatic carbocycles. The van der Waals surface area contributed by atoms with E-state index in [0.717, 1.165) is 5.56 Å². The molecule has 0 bridgehead atoms. The third kappa shape index (κ3) is 2.53. The number of benzene rings is 1. The molecule has 1 aromatic rings. The number of ether oxygens (including phenoxy) is 1. The summed E-state index contributed by atoms with van der Waals surface area (Å²) in [6.07, 6.45) is 0. The van der Waals surface area contributed by atoms with Crippen molar-refractivity contribution in [2.75, 3.05) is 7.11 Å². The maximum absolute atomic E-state index is 11.0. The predicted octanol–water partition coefficient (Wildman–Crippen LogP) is 1.71. The molecule has 0 amide bonds. The second-order valence-electron chi connectivity index (χ2n) is 2.31. The SMILES string of the molecule is COC(=O)c1ccc(C#CS)cc1. The first-order valence-corrected chi connectivity index (χ1v) is 4.06. The van der Waals surface area contributed by atoms with Crippen LogP contribution in [0.4, 0.5) is 0 Å². The zero-order valence-corrected chi connectivity index (χ0v) is 7.97. The molecule has 13 heavy (non-hydrogen) atoms. The minimum Gasteiger partial charge on any atom is -0.465 e. The van der Waals surface area contributed by atoms with Gasteiger partial charge in [-0.1, -0.05) is 18.5 Å². The quantitative estimate of drug-likeness (QED) is 0.416. The molecule has 0 aromatic heterocycles. The molecule has 0 atom stereocenters. The van der Waals surface area contributed by atoms with Gasteiger partial charge in [-0.25, -0.2) is 4.79 Å². The standard InChI is InChI=1S/C10H8O2S/c1-12-10(11)9-4-2-8(3-5-9)6-7-13/h2-5,13H,1H3. The molecule has 66 valence electrons. The lowest BCUT2D eigenvalue weighted by molar-refractivity contribution is 0.0601. The monoisotopic (exact) mass is 192 g/mol. The van der Waals surface area contributed by atoms with Gasteiger partial charge in [0.25, 0.3) is 0 Å². The maximum atomic E-state index is 11.0. The topological polar surface area (TPSA) is 26.3 Å². The first-order chi connectivity index (χ1) is 6.27. The van der Waals surface area contributed by atoms with Gasteiger partial charge in [0.2, 0.25) is 0 Å². The fourth-order valence-electron chi connectivity index (χ4n) is 0.872. The molecular weight excluding hydrogens is 184 g/mol. The Bertz CT molecular complexity index is 357. The molecule has 0 spiro atoms. The maximum Gasteiger partial charge on any atom is 0.337 e. The minimum atomic E-state index is -0.342. The van der Waals surface area contributed by atoms with Gasteiger partial charge in [-0.3, -0.25) is 0 Å². The first kappa shape index (κ1) is 9.69. The number of hydrogen-bond donors (Lipinski definition) is 1. The van der Waals surface area contributed by atoms with Crippen molar-refractivity contribution in [2.45, 2.75) is 0 Å². The van der Waals surface area contributed by atoms with Gasteiger partial charge in [0.15, 0.2) is 0 Å². The number of methoxy groups -OCH3 is 1. The molecule has 0 unspecified atom stereocenters. The smallest absolute Gasteiger partial charge is 0.337 e. The third-order valence-electron chi connectivity index (χ3n) is 1.51. The highest BCUT2D eigenvalue weighted by Gasteiger charge is 2.02. The highest BCUT2D eigenvalue weighted by molar-refractivity contribution is 7.85. The van der Waals surface area contributed by atoms with E-state index < -0.39 is 0 Å². The largest absolute Gasteiger partial charge is 0.465 e. The summed E-state index contributed by atoms with van der Waals surface area (Å²) in [4.78, 5) is 11.0. The van der Waals surface area contributed by atoms with Crippen LogP contribution in [0.2, 0.25) is 0 Å². The normalized spacial score (nSPS) is 8.46. The Morgan fingerprint density at radius 3 is 2.46 bits per heavy atom. The fourth-order valence-corrected chi connectivity index (χ4v) is 1.00. The van der Waals surface area contributed by atoms with Crippen molar-refractivity contribution in [3.05, 3.63) is 35.4 Å². The molecule has 0 heterocycles. The first-order valence-electron chi connectivity index (χ1n) is 3.61. The van der Waals surface area contributed by atoms with Crippen LogP contribution in [0.15, 0.2) is 24.3 Å². The molecule has 0 aliphatic rings. The van der Waals surface area contributed by atoms with Gasteiger partial charge in [-0.05, 0) is 29.5 Å². The lowest BCUT2D eigenvalue weighted by Gasteiger charge is -1.97. The lowest BCUT2D eigenvalue weighted by Crippen LogP contribution is -2.00. The van der Waals surface area contributed by atoms with Gasteiger partial charge in [-0.2, -0.15) is 0 Å². The minimum absolute atomic E-state index is 0.342. The number of hydrogen-bond acceptors (Lipinski definition) is 3. The Hall–Kier alpha value is -1.40. The molecule has 2 nitrogen and oxygen atoms in total. The van der Waals surface area contributed by atoms with Crippen LogP contribution in [-0.4, -0.2) is 13.1 Å². The zero-order chi connectivity index (χ0) is 9.68. The summed E-state index contributed by atoms with van der Waals surface area (Å²) in [5, 5.41) is 2.47. The van der Waals surface area contributed by atoms with Gasteiger partial charge >= 0.3 is 5.97 Å². The van der Waals surface area contributed by atoms with E-state index in [1.54, 1.807) is 24.3 Å². The van der Waals surface area contributed by atoms with Gasteiger partial charge < -0.3 is 4.74 Å². The van der Waals surface area contributed by atoms with Crippen LogP contribution in [0.3, 0.4) is 0 Å². The van der Waals surface area contributed by atoms with Crippen molar-refractivity contribution in [1.82, 2.24) is 0 Å². The predicted molar refractivity (Wildman–Crippen MR) is 53.6 cm³/mol. The van der Waals surface area contributed by atoms with Crippen LogP contribution < -0.4 is 0 Å². The number of carbonyl (C=O) groups excluding carboxylic acids is 1. The van der Waals surface area contributed by atoms with Crippen LogP contribution in [0, 0.1) is 11.2 Å². The number of rotatable bonds is 1. The van der Waals surface area contributed by atoms with Crippen LogP contribution >= 0.6 is 12.6 Å². The van der Waals surface area contributed by atoms with Crippen molar-refractivity contribution in [2.24, 2.45) is 0 Å². The van der Waals surface area contributed by atoms with Crippen LogP contribution in [0.25, 0.3) is 0 Å². The highest BCUT2D eigenvalue weighted by Crippen LogP contribution is 2.04. The summed E-state index contributed by atoms with van der Waals surface area (Å²) in [7, 11) is 1.35.